The van der Waals surface area contributed by atoms with E-state index in [1.807, 2.05) is 55.5 Å². The molecule has 0 radical (unpaired) electrons. The van der Waals surface area contributed by atoms with Gasteiger partial charge in [0.05, 0.1) is 11.4 Å². The van der Waals surface area contributed by atoms with Gasteiger partial charge >= 0.3 is 0 Å². The number of nitrogens with one attached hydrogen (secondary N) is 1. The second kappa shape index (κ2) is 11.1. The van der Waals surface area contributed by atoms with Gasteiger partial charge < -0.3 is 10.1 Å². The Labute approximate surface area is 229 Å². The van der Waals surface area contributed by atoms with Gasteiger partial charge in [-0.05, 0) is 76.5 Å². The van der Waals surface area contributed by atoms with E-state index in [0.717, 1.165) is 33.7 Å². The van der Waals surface area contributed by atoms with Crippen molar-refractivity contribution in [2.75, 3.05) is 11.9 Å². The van der Waals surface area contributed by atoms with Crippen LogP contribution in [0.5, 0.6) is 5.75 Å². The third kappa shape index (κ3) is 5.74. The normalized spacial score (nSPS) is 14.4. The highest BCUT2D eigenvalue weighted by Crippen LogP contribution is 2.34. The van der Waals surface area contributed by atoms with Gasteiger partial charge in [0.1, 0.15) is 5.75 Å². The predicted octanol–water partition coefficient (Wildman–Crippen LogP) is 7.06. The summed E-state index contributed by atoms with van der Waals surface area (Å²) < 4.78 is 5.64. The lowest BCUT2D eigenvalue weighted by molar-refractivity contribution is -0.123. The Bertz CT molecular complexity index is 1600. The number of anilines is 1. The Morgan fingerprint density at radius 1 is 1.00 bits per heavy atom. The summed E-state index contributed by atoms with van der Waals surface area (Å²) in [7, 11) is 0. The molecule has 0 unspecified atom stereocenters. The standard InChI is InChI=1S/C30H23ClN2O4S/c1-19-12-13-23(16-26(19)31)32-28(34)18-37-24-10-4-6-20(14-24)15-27-29(35)33(30(36)38-27)17-22-9-5-8-21-7-2-3-11-25(21)22/h2-16H,17-18H2,1H3,(H,32,34)/b27-15-. The summed E-state index contributed by atoms with van der Waals surface area (Å²) in [4.78, 5) is 39.7. The highest BCUT2D eigenvalue weighted by molar-refractivity contribution is 8.18. The van der Waals surface area contributed by atoms with Crippen LogP contribution < -0.4 is 10.1 Å². The molecule has 8 heteroatoms. The first kappa shape index (κ1) is 25.6. The van der Waals surface area contributed by atoms with Gasteiger partial charge in [0, 0.05) is 10.7 Å². The van der Waals surface area contributed by atoms with E-state index in [1.165, 1.54) is 4.90 Å². The van der Waals surface area contributed by atoms with Gasteiger partial charge in [0.2, 0.25) is 0 Å². The van der Waals surface area contributed by atoms with Crippen LogP contribution in [0.4, 0.5) is 10.5 Å². The average Bonchev–Trinajstić information content (AvgIpc) is 3.17. The zero-order valence-corrected chi connectivity index (χ0v) is 22.0. The van der Waals surface area contributed by atoms with Crippen molar-refractivity contribution in [1.82, 2.24) is 4.90 Å². The zero-order valence-electron chi connectivity index (χ0n) is 20.4. The van der Waals surface area contributed by atoms with E-state index in [2.05, 4.69) is 5.32 Å². The summed E-state index contributed by atoms with van der Waals surface area (Å²) in [5, 5.41) is 5.07. The molecule has 6 nitrogen and oxygen atoms in total. The quantitative estimate of drug-likeness (QED) is 0.253. The Morgan fingerprint density at radius 3 is 2.63 bits per heavy atom. The molecule has 1 saturated heterocycles. The molecule has 4 aromatic rings. The number of ether oxygens (including phenoxy) is 1. The molecule has 38 heavy (non-hydrogen) atoms. The number of carbonyl (C=O) groups is 3. The first-order valence-electron chi connectivity index (χ1n) is 11.9. The second-order valence-electron chi connectivity index (χ2n) is 8.78. The maximum absolute atomic E-state index is 13.1. The van der Waals surface area contributed by atoms with E-state index in [0.29, 0.717) is 26.9 Å². The van der Waals surface area contributed by atoms with Gasteiger partial charge in [-0.1, -0.05) is 72.3 Å². The van der Waals surface area contributed by atoms with Gasteiger partial charge in [-0.15, -0.1) is 0 Å². The molecular weight excluding hydrogens is 520 g/mol. The van der Waals surface area contributed by atoms with Gasteiger partial charge in [-0.3, -0.25) is 19.3 Å². The molecule has 190 valence electrons. The Morgan fingerprint density at radius 2 is 1.79 bits per heavy atom. The van der Waals surface area contributed by atoms with Crippen LogP contribution in [0.2, 0.25) is 5.02 Å². The maximum Gasteiger partial charge on any atom is 0.293 e. The fraction of sp³-hybridized carbons (Fsp3) is 0.100. The fourth-order valence-corrected chi connectivity index (χ4v) is 5.12. The smallest absolute Gasteiger partial charge is 0.293 e. The molecular formula is C30H23ClN2O4S. The van der Waals surface area contributed by atoms with E-state index in [4.69, 9.17) is 16.3 Å². The Balaban J connectivity index is 1.24. The van der Waals surface area contributed by atoms with Crippen molar-refractivity contribution < 1.29 is 19.1 Å². The molecule has 0 bridgehead atoms. The first-order valence-corrected chi connectivity index (χ1v) is 13.1. The number of amides is 3. The monoisotopic (exact) mass is 542 g/mol. The van der Waals surface area contributed by atoms with E-state index in [-0.39, 0.29) is 30.2 Å². The van der Waals surface area contributed by atoms with Crippen LogP contribution >= 0.6 is 23.4 Å². The van der Waals surface area contributed by atoms with E-state index in [9.17, 15) is 14.4 Å². The van der Waals surface area contributed by atoms with Crippen molar-refractivity contribution >= 4 is 63.0 Å². The molecule has 0 spiro atoms. The van der Waals surface area contributed by atoms with Crippen molar-refractivity contribution in [2.24, 2.45) is 0 Å². The number of aryl methyl sites for hydroxylation is 1. The largest absolute Gasteiger partial charge is 0.484 e. The second-order valence-corrected chi connectivity index (χ2v) is 10.2. The summed E-state index contributed by atoms with van der Waals surface area (Å²) >= 11 is 7.02. The number of halogens is 1. The van der Waals surface area contributed by atoms with Crippen LogP contribution in [0.1, 0.15) is 16.7 Å². The van der Waals surface area contributed by atoms with Crippen molar-refractivity contribution in [1.29, 1.82) is 0 Å². The zero-order chi connectivity index (χ0) is 26.6. The van der Waals surface area contributed by atoms with E-state index < -0.39 is 0 Å². The number of hydrogen-bond acceptors (Lipinski definition) is 5. The highest BCUT2D eigenvalue weighted by Gasteiger charge is 2.35. The van der Waals surface area contributed by atoms with Gasteiger partial charge in [0.25, 0.3) is 17.1 Å². The first-order chi connectivity index (χ1) is 18.4. The number of carbonyl (C=O) groups excluding carboxylic acids is 3. The molecule has 1 N–H and O–H groups in total. The fourth-order valence-electron chi connectivity index (χ4n) is 4.10. The summed E-state index contributed by atoms with van der Waals surface area (Å²) in [5.74, 6) is -0.203. The molecule has 3 amide bonds. The number of thioether (sulfide) groups is 1. The minimum absolute atomic E-state index is 0.198. The number of nitrogens with zero attached hydrogens (tertiary/aromatic N) is 1. The minimum Gasteiger partial charge on any atom is -0.484 e. The number of rotatable bonds is 7. The third-order valence-electron chi connectivity index (χ3n) is 6.06. The van der Waals surface area contributed by atoms with Gasteiger partial charge in [-0.2, -0.15) is 0 Å². The molecule has 0 aromatic heterocycles. The predicted molar refractivity (Wildman–Crippen MR) is 152 cm³/mol. The molecule has 1 aliphatic rings. The molecule has 1 aliphatic heterocycles. The topological polar surface area (TPSA) is 75.7 Å². The molecule has 1 heterocycles. The molecule has 1 fully saturated rings. The van der Waals surface area contributed by atoms with Gasteiger partial charge in [-0.25, -0.2) is 0 Å². The van der Waals surface area contributed by atoms with Crippen molar-refractivity contribution in [2.45, 2.75) is 13.5 Å². The summed E-state index contributed by atoms with van der Waals surface area (Å²) in [6, 6.07) is 26.0. The van der Waals surface area contributed by atoms with Crippen LogP contribution in [-0.2, 0) is 16.1 Å². The molecule has 0 atom stereocenters. The molecule has 5 rings (SSSR count). The highest BCUT2D eigenvalue weighted by atomic mass is 35.5. The van der Waals surface area contributed by atoms with Crippen molar-refractivity contribution in [3.05, 3.63) is 112 Å². The van der Waals surface area contributed by atoms with Gasteiger partial charge in [0.15, 0.2) is 6.61 Å². The SMILES string of the molecule is Cc1ccc(NC(=O)COc2cccc(/C=C3\SC(=O)N(Cc4cccc5ccccc45)C3=O)c2)cc1Cl. The summed E-state index contributed by atoms with van der Waals surface area (Å²) in [5.41, 5.74) is 3.10. The lowest BCUT2D eigenvalue weighted by Crippen LogP contribution is -2.27. The number of benzene rings is 4. The number of fused-ring (bicyclic) bond motifs is 1. The van der Waals surface area contributed by atoms with E-state index in [1.54, 1.807) is 42.5 Å². The van der Waals surface area contributed by atoms with Crippen LogP contribution in [-0.4, -0.2) is 28.6 Å². The van der Waals surface area contributed by atoms with Crippen molar-refractivity contribution in [3.8, 4) is 5.75 Å². The average molecular weight is 543 g/mol. The Kier molecular flexibility index (Phi) is 7.49. The van der Waals surface area contributed by atoms with Crippen LogP contribution in [0.3, 0.4) is 0 Å². The third-order valence-corrected chi connectivity index (χ3v) is 7.38. The minimum atomic E-state index is -0.338. The summed E-state index contributed by atoms with van der Waals surface area (Å²) in [6.45, 7) is 1.89. The van der Waals surface area contributed by atoms with Crippen LogP contribution in [0.15, 0.2) is 89.8 Å². The molecule has 0 aliphatic carbocycles. The van der Waals surface area contributed by atoms with E-state index >= 15 is 0 Å². The lowest BCUT2D eigenvalue weighted by atomic mass is 10.0. The lowest BCUT2D eigenvalue weighted by Gasteiger charge is -2.14. The Hall–Kier alpha value is -4.07. The molecule has 0 saturated carbocycles. The maximum atomic E-state index is 13.1. The number of hydrogen-bond donors (Lipinski definition) is 1. The summed E-state index contributed by atoms with van der Waals surface area (Å²) in [6.07, 6.45) is 1.66. The number of imide groups is 1. The van der Waals surface area contributed by atoms with Crippen LogP contribution in [0.25, 0.3) is 16.8 Å². The van der Waals surface area contributed by atoms with Crippen LogP contribution in [0, 0.1) is 6.92 Å². The molecule has 4 aromatic carbocycles. The van der Waals surface area contributed by atoms with Crippen molar-refractivity contribution in [3.63, 3.8) is 0 Å².